The Hall–Kier alpha value is -2.06. The van der Waals surface area contributed by atoms with Gasteiger partial charge in [-0.15, -0.1) is 0 Å². The highest BCUT2D eigenvalue weighted by Gasteiger charge is 2.26. The summed E-state index contributed by atoms with van der Waals surface area (Å²) in [5, 5.41) is 5.72. The van der Waals surface area contributed by atoms with Gasteiger partial charge in [0, 0.05) is 0 Å². The van der Waals surface area contributed by atoms with Crippen LogP contribution in [0.15, 0.2) is 35.5 Å². The third kappa shape index (κ3) is 3.34. The molecule has 0 spiro atoms. The molecule has 1 aromatic carbocycles. The van der Waals surface area contributed by atoms with Crippen LogP contribution in [0.1, 0.15) is 17.3 Å². The summed E-state index contributed by atoms with van der Waals surface area (Å²) < 4.78 is 31.7. The molecule has 2 N–H and O–H groups in total. The molecule has 1 aromatic heterocycles. The first-order valence-electron chi connectivity index (χ1n) is 5.93. The Bertz CT molecular complexity index is 757. The molecule has 2 aromatic rings. The second-order valence-electron chi connectivity index (χ2n) is 3.92. The van der Waals surface area contributed by atoms with Gasteiger partial charge in [-0.1, -0.05) is 23.7 Å². The van der Waals surface area contributed by atoms with Crippen molar-refractivity contribution in [2.75, 3.05) is 11.3 Å². The lowest BCUT2D eigenvalue weighted by Gasteiger charge is -2.09. The number of aromatic amines is 1. The van der Waals surface area contributed by atoms with E-state index in [1.807, 2.05) is 0 Å². The Labute approximate surface area is 126 Å². The van der Waals surface area contributed by atoms with Crippen molar-refractivity contribution in [3.8, 4) is 0 Å². The summed E-state index contributed by atoms with van der Waals surface area (Å²) in [7, 11) is -4.04. The molecular weight excluding hydrogens is 318 g/mol. The van der Waals surface area contributed by atoms with E-state index in [4.69, 9.17) is 16.3 Å². The number of hydrogen-bond acceptors (Lipinski definition) is 5. The normalized spacial score (nSPS) is 11.1. The molecule has 0 saturated carbocycles. The van der Waals surface area contributed by atoms with E-state index >= 15 is 0 Å². The van der Waals surface area contributed by atoms with Crippen LogP contribution in [-0.4, -0.2) is 31.2 Å². The standard InChI is InChI=1S/C12H12ClN3O4S/c1-2-20-12(17)8-7-14-15-11(8)21(18,19)16-10-6-4-3-5-9(10)13/h3-7,16H,2H2,1H3,(H,14,15). The molecular formula is C12H12ClN3O4S. The quantitative estimate of drug-likeness (QED) is 0.817. The van der Waals surface area contributed by atoms with Crippen LogP contribution >= 0.6 is 11.6 Å². The first-order valence-corrected chi connectivity index (χ1v) is 7.79. The van der Waals surface area contributed by atoms with Crippen molar-refractivity contribution in [1.29, 1.82) is 0 Å². The zero-order chi connectivity index (χ0) is 15.5. The summed E-state index contributed by atoms with van der Waals surface area (Å²) in [6.45, 7) is 1.75. The van der Waals surface area contributed by atoms with Crippen molar-refractivity contribution < 1.29 is 17.9 Å². The van der Waals surface area contributed by atoms with Gasteiger partial charge >= 0.3 is 5.97 Å². The van der Waals surface area contributed by atoms with Crippen LogP contribution in [0.3, 0.4) is 0 Å². The fraction of sp³-hybridized carbons (Fsp3) is 0.167. The largest absolute Gasteiger partial charge is 0.462 e. The summed E-state index contributed by atoms with van der Waals surface area (Å²) in [5.41, 5.74) is 0.0278. The molecule has 0 aliphatic carbocycles. The SMILES string of the molecule is CCOC(=O)c1cn[nH]c1S(=O)(=O)Nc1ccccc1Cl. The minimum Gasteiger partial charge on any atom is -0.462 e. The first-order chi connectivity index (χ1) is 9.95. The van der Waals surface area contributed by atoms with Crippen molar-refractivity contribution in [3.05, 3.63) is 41.0 Å². The van der Waals surface area contributed by atoms with Crippen LogP contribution in [0.4, 0.5) is 5.69 Å². The van der Waals surface area contributed by atoms with Gasteiger partial charge in [0.2, 0.25) is 0 Å². The monoisotopic (exact) mass is 329 g/mol. The number of benzene rings is 1. The van der Waals surface area contributed by atoms with E-state index < -0.39 is 16.0 Å². The Balaban J connectivity index is 2.35. The maximum atomic E-state index is 12.3. The summed E-state index contributed by atoms with van der Waals surface area (Å²) in [6.07, 6.45) is 1.10. The zero-order valence-corrected chi connectivity index (χ0v) is 12.5. The molecule has 9 heteroatoms. The number of sulfonamides is 1. The number of carbonyl (C=O) groups is 1. The number of carbonyl (C=O) groups excluding carboxylic acids is 1. The van der Waals surface area contributed by atoms with Crippen LogP contribution in [0.2, 0.25) is 5.02 Å². The summed E-state index contributed by atoms with van der Waals surface area (Å²) in [6, 6.07) is 6.34. The third-order valence-electron chi connectivity index (χ3n) is 2.49. The van der Waals surface area contributed by atoms with Gasteiger partial charge in [-0.3, -0.25) is 9.82 Å². The first kappa shape index (κ1) is 15.3. The van der Waals surface area contributed by atoms with Gasteiger partial charge in [-0.25, -0.2) is 4.79 Å². The Morgan fingerprint density at radius 3 is 2.81 bits per heavy atom. The lowest BCUT2D eigenvalue weighted by Crippen LogP contribution is -2.17. The predicted octanol–water partition coefficient (Wildman–Crippen LogP) is 2.04. The van der Waals surface area contributed by atoms with E-state index in [1.54, 1.807) is 25.1 Å². The summed E-state index contributed by atoms with van der Waals surface area (Å²) in [5.74, 6) is -0.772. The van der Waals surface area contributed by atoms with E-state index in [-0.39, 0.29) is 27.9 Å². The number of H-pyrrole nitrogens is 1. The third-order valence-corrected chi connectivity index (χ3v) is 4.15. The Morgan fingerprint density at radius 2 is 2.14 bits per heavy atom. The van der Waals surface area contributed by atoms with E-state index in [0.29, 0.717) is 0 Å². The number of rotatable bonds is 5. The molecule has 0 saturated heterocycles. The predicted molar refractivity (Wildman–Crippen MR) is 76.8 cm³/mol. The van der Waals surface area contributed by atoms with Crippen LogP contribution < -0.4 is 4.72 Å². The molecule has 7 nitrogen and oxygen atoms in total. The fourth-order valence-corrected chi connectivity index (χ4v) is 2.98. The average Bonchev–Trinajstić information content (AvgIpc) is 2.92. The zero-order valence-electron chi connectivity index (χ0n) is 11.0. The van der Waals surface area contributed by atoms with Crippen LogP contribution in [-0.2, 0) is 14.8 Å². The van der Waals surface area contributed by atoms with Crippen molar-refractivity contribution in [1.82, 2.24) is 10.2 Å². The number of aromatic nitrogens is 2. The number of para-hydroxylation sites is 1. The molecule has 0 aliphatic rings. The van der Waals surface area contributed by atoms with Gasteiger partial charge in [-0.05, 0) is 19.1 Å². The van der Waals surface area contributed by atoms with Crippen LogP contribution in [0.25, 0.3) is 0 Å². The smallest absolute Gasteiger partial charge is 0.342 e. The number of hydrogen-bond donors (Lipinski definition) is 2. The lowest BCUT2D eigenvalue weighted by molar-refractivity contribution is 0.0522. The number of ether oxygens (including phenoxy) is 1. The average molecular weight is 330 g/mol. The highest BCUT2D eigenvalue weighted by molar-refractivity contribution is 7.92. The second kappa shape index (κ2) is 6.15. The molecule has 0 fully saturated rings. The fourth-order valence-electron chi connectivity index (χ4n) is 1.57. The molecule has 112 valence electrons. The molecule has 21 heavy (non-hydrogen) atoms. The molecule has 2 rings (SSSR count). The molecule has 0 unspecified atom stereocenters. The number of esters is 1. The van der Waals surface area contributed by atoms with Gasteiger partial charge in [0.25, 0.3) is 10.0 Å². The van der Waals surface area contributed by atoms with E-state index in [1.165, 1.54) is 6.07 Å². The second-order valence-corrected chi connectivity index (χ2v) is 5.95. The maximum Gasteiger partial charge on any atom is 0.342 e. The number of nitrogens with zero attached hydrogens (tertiary/aromatic N) is 1. The number of anilines is 1. The minimum absolute atomic E-state index is 0.126. The highest BCUT2D eigenvalue weighted by atomic mass is 35.5. The van der Waals surface area contributed by atoms with Crippen molar-refractivity contribution >= 4 is 33.3 Å². The molecule has 0 bridgehead atoms. The maximum absolute atomic E-state index is 12.3. The van der Waals surface area contributed by atoms with Crippen molar-refractivity contribution in [3.63, 3.8) is 0 Å². The molecule has 0 aliphatic heterocycles. The van der Waals surface area contributed by atoms with Crippen molar-refractivity contribution in [2.45, 2.75) is 11.9 Å². The molecule has 0 radical (unpaired) electrons. The summed E-state index contributed by atoms with van der Waals surface area (Å²) in [4.78, 5) is 11.7. The molecule has 0 amide bonds. The topological polar surface area (TPSA) is 101 Å². The van der Waals surface area contributed by atoms with Gasteiger partial charge in [-0.2, -0.15) is 13.5 Å². The van der Waals surface area contributed by atoms with E-state index in [9.17, 15) is 13.2 Å². The molecule has 1 heterocycles. The van der Waals surface area contributed by atoms with Gasteiger partial charge in [0.05, 0.1) is 23.5 Å². The molecule has 0 atom stereocenters. The van der Waals surface area contributed by atoms with Crippen LogP contribution in [0.5, 0.6) is 0 Å². The minimum atomic E-state index is -4.04. The summed E-state index contributed by atoms with van der Waals surface area (Å²) >= 11 is 5.90. The van der Waals surface area contributed by atoms with Crippen molar-refractivity contribution in [2.24, 2.45) is 0 Å². The van der Waals surface area contributed by atoms with E-state index in [2.05, 4.69) is 14.9 Å². The Kier molecular flexibility index (Phi) is 4.49. The van der Waals surface area contributed by atoms with E-state index in [0.717, 1.165) is 6.20 Å². The lowest BCUT2D eigenvalue weighted by atomic mass is 10.3. The van der Waals surface area contributed by atoms with Gasteiger partial charge in [0.15, 0.2) is 5.03 Å². The highest BCUT2D eigenvalue weighted by Crippen LogP contribution is 2.24. The number of nitrogens with one attached hydrogen (secondary N) is 2. The van der Waals surface area contributed by atoms with Crippen LogP contribution in [0, 0.1) is 0 Å². The van der Waals surface area contributed by atoms with Gasteiger partial charge in [0.1, 0.15) is 5.56 Å². The number of halogens is 1. The Morgan fingerprint density at radius 1 is 1.43 bits per heavy atom. The van der Waals surface area contributed by atoms with Gasteiger partial charge < -0.3 is 4.74 Å².